The highest BCUT2D eigenvalue weighted by Crippen LogP contribution is 2.31. The van der Waals surface area contributed by atoms with Crippen LogP contribution < -0.4 is 10.1 Å². The third-order valence-electron chi connectivity index (χ3n) is 4.63. The average molecular weight is 462 g/mol. The second kappa shape index (κ2) is 9.62. The Kier molecular flexibility index (Phi) is 7.06. The van der Waals surface area contributed by atoms with Crippen molar-refractivity contribution >= 4 is 11.6 Å². The topological polar surface area (TPSA) is 78.3 Å². The number of ether oxygens (including phenoxy) is 2. The number of nitrogens with zero attached hydrogens (tertiary/aromatic N) is 3. The first-order valence-electron chi connectivity index (χ1n) is 10.2. The van der Waals surface area contributed by atoms with Gasteiger partial charge in [0, 0.05) is 23.8 Å². The lowest BCUT2D eigenvalue weighted by Gasteiger charge is -2.17. The number of aromatic nitrogens is 3. The minimum atomic E-state index is -4.44. The molecule has 3 rings (SSSR count). The van der Waals surface area contributed by atoms with E-state index in [0.29, 0.717) is 29.4 Å². The van der Waals surface area contributed by atoms with Crippen molar-refractivity contribution in [3.63, 3.8) is 0 Å². The third-order valence-corrected chi connectivity index (χ3v) is 4.63. The average Bonchev–Trinajstić information content (AvgIpc) is 3.17. The van der Waals surface area contributed by atoms with Crippen LogP contribution in [0.15, 0.2) is 48.5 Å². The number of alkyl halides is 3. The maximum absolute atomic E-state index is 13.0. The number of rotatable bonds is 7. The normalized spacial score (nSPS) is 12.0. The van der Waals surface area contributed by atoms with Crippen molar-refractivity contribution in [2.75, 3.05) is 25.6 Å². The van der Waals surface area contributed by atoms with Crippen molar-refractivity contribution in [1.29, 1.82) is 0 Å². The zero-order valence-electron chi connectivity index (χ0n) is 18.7. The van der Waals surface area contributed by atoms with E-state index < -0.39 is 17.2 Å². The summed E-state index contributed by atoms with van der Waals surface area (Å²) in [5.41, 5.74) is 0.323. The molecule has 0 aliphatic heterocycles. The van der Waals surface area contributed by atoms with E-state index in [1.165, 1.54) is 23.9 Å². The van der Waals surface area contributed by atoms with Crippen LogP contribution in [-0.2, 0) is 15.7 Å². The van der Waals surface area contributed by atoms with Crippen LogP contribution in [0.3, 0.4) is 0 Å². The molecule has 0 spiro atoms. The Morgan fingerprint density at radius 3 is 2.18 bits per heavy atom. The summed E-state index contributed by atoms with van der Waals surface area (Å²) in [5, 5.41) is 7.19. The van der Waals surface area contributed by atoms with Crippen LogP contribution in [0.25, 0.3) is 17.1 Å². The van der Waals surface area contributed by atoms with Gasteiger partial charge in [-0.25, -0.2) is 4.68 Å². The summed E-state index contributed by atoms with van der Waals surface area (Å²) in [5.74, 6) is 0.179. The molecular weight excluding hydrogens is 437 g/mol. The van der Waals surface area contributed by atoms with Gasteiger partial charge in [-0.2, -0.15) is 18.2 Å². The Labute approximate surface area is 189 Å². The fraction of sp³-hybridized carbons (Fsp3) is 0.348. The summed E-state index contributed by atoms with van der Waals surface area (Å²) in [6, 6.07) is 11.6. The molecule has 3 aromatic rings. The van der Waals surface area contributed by atoms with Crippen LogP contribution in [0.1, 0.15) is 26.3 Å². The lowest BCUT2D eigenvalue weighted by Crippen LogP contribution is -2.27. The van der Waals surface area contributed by atoms with Gasteiger partial charge in [0.2, 0.25) is 5.91 Å². The first-order chi connectivity index (χ1) is 15.5. The highest BCUT2D eigenvalue weighted by molar-refractivity contribution is 5.94. The second-order valence-electron chi connectivity index (χ2n) is 8.30. The maximum Gasteiger partial charge on any atom is 0.416 e. The summed E-state index contributed by atoms with van der Waals surface area (Å²) in [4.78, 5) is 16.6. The number of hydrogen-bond donors (Lipinski definition) is 1. The molecular formula is C23H25F3N4O3. The molecule has 10 heteroatoms. The summed E-state index contributed by atoms with van der Waals surface area (Å²) in [6.07, 6.45) is -4.44. The van der Waals surface area contributed by atoms with Gasteiger partial charge in [-0.3, -0.25) is 4.79 Å². The number of hydrogen-bond acceptors (Lipinski definition) is 5. The van der Waals surface area contributed by atoms with Crippen molar-refractivity contribution in [2.45, 2.75) is 26.9 Å². The van der Waals surface area contributed by atoms with E-state index in [0.717, 1.165) is 12.1 Å². The SMILES string of the molecule is COCCOc1nc(-c2ccc(C(F)(F)F)cc2)n(-c2ccc(NC(=O)C(C)(C)C)cc2)n1. The monoisotopic (exact) mass is 462 g/mol. The standard InChI is InChI=1S/C23H25F3N4O3/c1-22(2,3)20(31)27-17-9-11-18(12-10-17)30-19(28-21(29-30)33-14-13-32-4)15-5-7-16(8-6-15)23(24,25)26/h5-12H,13-14H2,1-4H3,(H,27,31). The smallest absolute Gasteiger partial charge is 0.416 e. The van der Waals surface area contributed by atoms with Crippen LogP contribution >= 0.6 is 0 Å². The Bertz CT molecular complexity index is 1090. The maximum atomic E-state index is 13.0. The lowest BCUT2D eigenvalue weighted by atomic mass is 9.95. The zero-order chi connectivity index (χ0) is 24.2. The molecule has 176 valence electrons. The number of methoxy groups -OCH3 is 1. The van der Waals surface area contributed by atoms with Crippen LogP contribution in [0.5, 0.6) is 6.01 Å². The molecule has 33 heavy (non-hydrogen) atoms. The largest absolute Gasteiger partial charge is 0.460 e. The number of benzene rings is 2. The third kappa shape index (κ3) is 6.10. The highest BCUT2D eigenvalue weighted by Gasteiger charge is 2.30. The number of halogens is 3. The van der Waals surface area contributed by atoms with Crippen LogP contribution in [0.4, 0.5) is 18.9 Å². The number of amides is 1. The minimum absolute atomic E-state index is 0.0621. The molecule has 1 aromatic heterocycles. The first-order valence-corrected chi connectivity index (χ1v) is 10.2. The zero-order valence-corrected chi connectivity index (χ0v) is 18.7. The van der Waals surface area contributed by atoms with Gasteiger partial charge < -0.3 is 14.8 Å². The van der Waals surface area contributed by atoms with Gasteiger partial charge in [-0.1, -0.05) is 32.9 Å². The predicted molar refractivity (Wildman–Crippen MR) is 117 cm³/mol. The van der Waals surface area contributed by atoms with E-state index in [1.54, 1.807) is 24.3 Å². The fourth-order valence-corrected chi connectivity index (χ4v) is 2.75. The Morgan fingerprint density at radius 2 is 1.64 bits per heavy atom. The molecule has 0 unspecified atom stereocenters. The van der Waals surface area contributed by atoms with E-state index >= 15 is 0 Å². The highest BCUT2D eigenvalue weighted by atomic mass is 19.4. The molecule has 0 aliphatic rings. The van der Waals surface area contributed by atoms with Crippen molar-refractivity contribution in [3.8, 4) is 23.1 Å². The van der Waals surface area contributed by atoms with E-state index in [-0.39, 0.29) is 18.5 Å². The Balaban J connectivity index is 1.94. The molecule has 0 aliphatic carbocycles. The molecule has 0 atom stereocenters. The molecule has 1 amide bonds. The summed E-state index contributed by atoms with van der Waals surface area (Å²) >= 11 is 0. The van der Waals surface area contributed by atoms with E-state index in [4.69, 9.17) is 9.47 Å². The fourth-order valence-electron chi connectivity index (χ4n) is 2.75. The molecule has 0 radical (unpaired) electrons. The number of anilines is 1. The quantitative estimate of drug-likeness (QED) is 0.502. The molecule has 0 saturated carbocycles. The predicted octanol–water partition coefficient (Wildman–Crippen LogP) is 4.96. The number of carbonyl (C=O) groups is 1. The van der Waals surface area contributed by atoms with Gasteiger partial charge in [-0.15, -0.1) is 5.10 Å². The Hall–Kier alpha value is -3.40. The van der Waals surface area contributed by atoms with Crippen molar-refractivity contribution in [3.05, 3.63) is 54.1 Å². The van der Waals surface area contributed by atoms with Crippen LogP contribution in [0, 0.1) is 5.41 Å². The van der Waals surface area contributed by atoms with Crippen LogP contribution in [0.2, 0.25) is 0 Å². The van der Waals surface area contributed by atoms with Crippen LogP contribution in [-0.4, -0.2) is 41.0 Å². The van der Waals surface area contributed by atoms with Gasteiger partial charge in [0.15, 0.2) is 5.82 Å². The van der Waals surface area contributed by atoms with Gasteiger partial charge in [0.1, 0.15) is 6.61 Å². The molecule has 0 bridgehead atoms. The Morgan fingerprint density at radius 1 is 1.00 bits per heavy atom. The first kappa shape index (κ1) is 24.2. The molecule has 1 N–H and O–H groups in total. The molecule has 0 fully saturated rings. The van der Waals surface area contributed by atoms with E-state index in [1.807, 2.05) is 20.8 Å². The summed E-state index contributed by atoms with van der Waals surface area (Å²) in [6.45, 7) is 5.98. The number of carbonyl (C=O) groups excluding carboxylic acids is 1. The molecule has 2 aromatic carbocycles. The van der Waals surface area contributed by atoms with E-state index in [2.05, 4.69) is 15.4 Å². The van der Waals surface area contributed by atoms with Gasteiger partial charge in [0.25, 0.3) is 0 Å². The van der Waals surface area contributed by atoms with Crippen molar-refractivity contribution < 1.29 is 27.4 Å². The van der Waals surface area contributed by atoms with Crippen molar-refractivity contribution in [1.82, 2.24) is 14.8 Å². The lowest BCUT2D eigenvalue weighted by molar-refractivity contribution is -0.137. The molecule has 1 heterocycles. The second-order valence-corrected chi connectivity index (χ2v) is 8.30. The van der Waals surface area contributed by atoms with Gasteiger partial charge in [0.05, 0.1) is 17.9 Å². The minimum Gasteiger partial charge on any atom is -0.460 e. The van der Waals surface area contributed by atoms with Crippen molar-refractivity contribution in [2.24, 2.45) is 5.41 Å². The molecule has 0 saturated heterocycles. The summed E-state index contributed by atoms with van der Waals surface area (Å²) in [7, 11) is 1.53. The summed E-state index contributed by atoms with van der Waals surface area (Å²) < 4.78 is 50.8. The number of nitrogens with one attached hydrogen (secondary N) is 1. The van der Waals surface area contributed by atoms with E-state index in [9.17, 15) is 18.0 Å². The van der Waals surface area contributed by atoms with Gasteiger partial charge >= 0.3 is 12.2 Å². The van der Waals surface area contributed by atoms with Gasteiger partial charge in [-0.05, 0) is 36.4 Å². The molecule has 7 nitrogen and oxygen atoms in total.